The second kappa shape index (κ2) is 6.78. The number of nitrogens with one attached hydrogen (secondary N) is 2. The molecule has 2 N–H and O–H groups in total. The number of carbonyl (C=O) groups is 1. The van der Waals surface area contributed by atoms with Gasteiger partial charge in [-0.2, -0.15) is 13.2 Å². The van der Waals surface area contributed by atoms with E-state index < -0.39 is 23.9 Å². The summed E-state index contributed by atoms with van der Waals surface area (Å²) in [6.07, 6.45) is 0.505. The van der Waals surface area contributed by atoms with Crippen LogP contribution in [0.5, 0.6) is 0 Å². The molecule has 6 heteroatoms. The number of alkyl halides is 3. The van der Waals surface area contributed by atoms with Crippen LogP contribution < -0.4 is 10.6 Å². The standard InChI is InChI=1S/C14H23F3N2O/c15-14(16,17)12-6-2-1-5-11(12)13(20)19-9-7-10-4-3-8-18-10/h10-12,18H,1-9H2,(H,19,20). The molecule has 2 fully saturated rings. The summed E-state index contributed by atoms with van der Waals surface area (Å²) < 4.78 is 38.8. The molecule has 0 aromatic rings. The van der Waals surface area contributed by atoms with Crippen molar-refractivity contribution in [2.75, 3.05) is 13.1 Å². The van der Waals surface area contributed by atoms with Crippen LogP contribution in [0.4, 0.5) is 13.2 Å². The van der Waals surface area contributed by atoms with Crippen molar-refractivity contribution in [2.24, 2.45) is 11.8 Å². The number of carbonyl (C=O) groups excluding carboxylic acids is 1. The van der Waals surface area contributed by atoms with Gasteiger partial charge in [-0.15, -0.1) is 0 Å². The summed E-state index contributed by atoms with van der Waals surface area (Å²) in [6.45, 7) is 1.47. The Hall–Kier alpha value is -0.780. The molecule has 1 aliphatic carbocycles. The monoisotopic (exact) mass is 292 g/mol. The van der Waals surface area contributed by atoms with Gasteiger partial charge in [-0.05, 0) is 38.6 Å². The lowest BCUT2D eigenvalue weighted by Crippen LogP contribution is -2.43. The van der Waals surface area contributed by atoms with E-state index in [1.54, 1.807) is 0 Å². The molecule has 3 unspecified atom stereocenters. The van der Waals surface area contributed by atoms with E-state index in [0.29, 0.717) is 25.4 Å². The minimum absolute atomic E-state index is 0.0891. The van der Waals surface area contributed by atoms with E-state index in [0.717, 1.165) is 32.2 Å². The van der Waals surface area contributed by atoms with Crippen molar-refractivity contribution in [3.8, 4) is 0 Å². The quantitative estimate of drug-likeness (QED) is 0.836. The molecule has 1 aliphatic heterocycles. The van der Waals surface area contributed by atoms with Crippen molar-refractivity contribution in [3.63, 3.8) is 0 Å². The SMILES string of the molecule is O=C(NCCC1CCCN1)C1CCCCC1C(F)(F)F. The molecule has 3 nitrogen and oxygen atoms in total. The third kappa shape index (κ3) is 4.11. The Labute approximate surface area is 117 Å². The van der Waals surface area contributed by atoms with E-state index in [9.17, 15) is 18.0 Å². The summed E-state index contributed by atoms with van der Waals surface area (Å²) in [5.41, 5.74) is 0. The maximum atomic E-state index is 12.9. The molecule has 1 saturated heterocycles. The zero-order valence-corrected chi connectivity index (χ0v) is 11.6. The van der Waals surface area contributed by atoms with Gasteiger partial charge in [0.15, 0.2) is 0 Å². The molecule has 0 spiro atoms. The fourth-order valence-electron chi connectivity index (χ4n) is 3.34. The highest BCUT2D eigenvalue weighted by atomic mass is 19.4. The fraction of sp³-hybridized carbons (Fsp3) is 0.929. The van der Waals surface area contributed by atoms with Crippen molar-refractivity contribution in [1.29, 1.82) is 0 Å². The second-order valence-electron chi connectivity index (χ2n) is 5.91. The summed E-state index contributed by atoms with van der Waals surface area (Å²) in [7, 11) is 0. The Bertz CT molecular complexity index is 327. The first-order chi connectivity index (χ1) is 9.48. The summed E-state index contributed by atoms with van der Waals surface area (Å²) in [4.78, 5) is 12.0. The molecular weight excluding hydrogens is 269 g/mol. The van der Waals surface area contributed by atoms with Gasteiger partial charge in [0.2, 0.25) is 5.91 Å². The fourth-order valence-corrected chi connectivity index (χ4v) is 3.34. The Morgan fingerprint density at radius 3 is 2.55 bits per heavy atom. The Balaban J connectivity index is 1.79. The predicted molar refractivity (Wildman–Crippen MR) is 70.2 cm³/mol. The average molecular weight is 292 g/mol. The number of hydrogen-bond donors (Lipinski definition) is 2. The van der Waals surface area contributed by atoms with Gasteiger partial charge in [-0.3, -0.25) is 4.79 Å². The van der Waals surface area contributed by atoms with E-state index in [2.05, 4.69) is 10.6 Å². The summed E-state index contributed by atoms with van der Waals surface area (Å²) in [6, 6.07) is 0.403. The van der Waals surface area contributed by atoms with Crippen molar-refractivity contribution >= 4 is 5.91 Å². The molecule has 116 valence electrons. The summed E-state index contributed by atoms with van der Waals surface area (Å²) in [5, 5.41) is 6.01. The number of hydrogen-bond acceptors (Lipinski definition) is 2. The van der Waals surface area contributed by atoms with Crippen LogP contribution in [0.3, 0.4) is 0 Å². The lowest BCUT2D eigenvalue weighted by Gasteiger charge is -2.32. The zero-order valence-electron chi connectivity index (χ0n) is 11.6. The maximum Gasteiger partial charge on any atom is 0.392 e. The van der Waals surface area contributed by atoms with Gasteiger partial charge in [0.25, 0.3) is 0 Å². The lowest BCUT2D eigenvalue weighted by atomic mass is 9.78. The molecular formula is C14H23F3N2O. The van der Waals surface area contributed by atoms with E-state index in [4.69, 9.17) is 0 Å². The van der Waals surface area contributed by atoms with Gasteiger partial charge in [0.1, 0.15) is 0 Å². The van der Waals surface area contributed by atoms with Crippen molar-refractivity contribution in [3.05, 3.63) is 0 Å². The van der Waals surface area contributed by atoms with Crippen LogP contribution >= 0.6 is 0 Å². The third-order valence-corrected chi connectivity index (χ3v) is 4.48. The topological polar surface area (TPSA) is 41.1 Å². The molecule has 20 heavy (non-hydrogen) atoms. The van der Waals surface area contributed by atoms with E-state index in [1.807, 2.05) is 0 Å². The maximum absolute atomic E-state index is 12.9. The van der Waals surface area contributed by atoms with Crippen LogP contribution in [-0.2, 0) is 4.79 Å². The minimum atomic E-state index is -4.25. The molecule has 2 rings (SSSR count). The van der Waals surface area contributed by atoms with Gasteiger partial charge in [-0.25, -0.2) is 0 Å². The van der Waals surface area contributed by atoms with Gasteiger partial charge < -0.3 is 10.6 Å². The van der Waals surface area contributed by atoms with Gasteiger partial charge in [0.05, 0.1) is 5.92 Å². The highest BCUT2D eigenvalue weighted by Crippen LogP contribution is 2.41. The molecule has 3 atom stereocenters. The van der Waals surface area contributed by atoms with Crippen LogP contribution in [0.1, 0.15) is 44.9 Å². The van der Waals surface area contributed by atoms with Crippen LogP contribution in [0.15, 0.2) is 0 Å². The molecule has 0 bridgehead atoms. The van der Waals surface area contributed by atoms with Gasteiger partial charge in [0, 0.05) is 18.5 Å². The third-order valence-electron chi connectivity index (χ3n) is 4.48. The zero-order chi connectivity index (χ0) is 14.6. The summed E-state index contributed by atoms with van der Waals surface area (Å²) >= 11 is 0. The number of rotatable bonds is 4. The van der Waals surface area contributed by atoms with Crippen LogP contribution in [0, 0.1) is 11.8 Å². The first kappa shape index (κ1) is 15.6. The first-order valence-corrected chi connectivity index (χ1v) is 7.56. The molecule has 1 amide bonds. The largest absolute Gasteiger partial charge is 0.392 e. The average Bonchev–Trinajstić information content (AvgIpc) is 2.91. The highest BCUT2D eigenvalue weighted by Gasteiger charge is 2.47. The van der Waals surface area contributed by atoms with E-state index in [1.165, 1.54) is 0 Å². The first-order valence-electron chi connectivity index (χ1n) is 7.56. The summed E-state index contributed by atoms with van der Waals surface area (Å²) in [5.74, 6) is -2.76. The number of halogens is 3. The molecule has 1 saturated carbocycles. The molecule has 2 aliphatic rings. The molecule has 0 aromatic carbocycles. The van der Waals surface area contributed by atoms with Gasteiger partial charge >= 0.3 is 6.18 Å². The Morgan fingerprint density at radius 2 is 1.90 bits per heavy atom. The van der Waals surface area contributed by atoms with Crippen molar-refractivity contribution in [2.45, 2.75) is 57.2 Å². The lowest BCUT2D eigenvalue weighted by molar-refractivity contribution is -0.198. The smallest absolute Gasteiger partial charge is 0.356 e. The Morgan fingerprint density at radius 1 is 1.15 bits per heavy atom. The van der Waals surface area contributed by atoms with E-state index >= 15 is 0 Å². The van der Waals surface area contributed by atoms with E-state index in [-0.39, 0.29) is 6.42 Å². The van der Waals surface area contributed by atoms with Crippen LogP contribution in [0.25, 0.3) is 0 Å². The van der Waals surface area contributed by atoms with Crippen LogP contribution in [0.2, 0.25) is 0 Å². The van der Waals surface area contributed by atoms with Crippen LogP contribution in [-0.4, -0.2) is 31.2 Å². The highest BCUT2D eigenvalue weighted by molar-refractivity contribution is 5.79. The molecule has 1 heterocycles. The molecule has 0 radical (unpaired) electrons. The second-order valence-corrected chi connectivity index (χ2v) is 5.91. The number of amides is 1. The molecule has 0 aromatic heterocycles. The normalized spacial score (nSPS) is 31.2. The minimum Gasteiger partial charge on any atom is -0.356 e. The van der Waals surface area contributed by atoms with Crippen molar-refractivity contribution < 1.29 is 18.0 Å². The Kier molecular flexibility index (Phi) is 5.29. The predicted octanol–water partition coefficient (Wildman–Crippen LogP) is 2.61. The van der Waals surface area contributed by atoms with Gasteiger partial charge in [-0.1, -0.05) is 12.8 Å². The van der Waals surface area contributed by atoms with Crippen molar-refractivity contribution in [1.82, 2.24) is 10.6 Å².